The molecule has 106 valence electrons. The summed E-state index contributed by atoms with van der Waals surface area (Å²) in [5, 5.41) is 12.2. The summed E-state index contributed by atoms with van der Waals surface area (Å²) in [5.41, 5.74) is -0.824. The van der Waals surface area contributed by atoms with Gasteiger partial charge in [-0.25, -0.2) is 0 Å². The van der Waals surface area contributed by atoms with E-state index in [1.165, 1.54) is 6.42 Å². The highest BCUT2D eigenvalue weighted by molar-refractivity contribution is 5.78. The second-order valence-corrected chi connectivity index (χ2v) is 6.23. The van der Waals surface area contributed by atoms with Crippen molar-refractivity contribution < 1.29 is 9.90 Å². The zero-order valence-corrected chi connectivity index (χ0v) is 12.4. The number of rotatable bonds is 6. The summed E-state index contributed by atoms with van der Waals surface area (Å²) in [4.78, 5) is 13.7. The second-order valence-electron chi connectivity index (χ2n) is 6.23. The maximum atomic E-state index is 11.3. The van der Waals surface area contributed by atoms with E-state index >= 15 is 0 Å². The van der Waals surface area contributed by atoms with Gasteiger partial charge in [0.1, 0.15) is 5.54 Å². The lowest BCUT2D eigenvalue weighted by Gasteiger charge is -2.32. The minimum atomic E-state index is -0.824. The molecule has 0 saturated carbocycles. The van der Waals surface area contributed by atoms with E-state index in [0.717, 1.165) is 24.9 Å². The smallest absolute Gasteiger partial charge is 0.323 e. The molecule has 2 N–H and O–H groups in total. The molecule has 0 amide bonds. The van der Waals surface area contributed by atoms with Crippen molar-refractivity contribution in [2.45, 2.75) is 52.1 Å². The summed E-state index contributed by atoms with van der Waals surface area (Å²) in [5.74, 6) is 0.715. The molecular weight excluding hydrogens is 228 g/mol. The topological polar surface area (TPSA) is 52.6 Å². The van der Waals surface area contributed by atoms with Crippen molar-refractivity contribution >= 4 is 5.97 Å². The highest BCUT2D eigenvalue weighted by Crippen LogP contribution is 2.27. The summed E-state index contributed by atoms with van der Waals surface area (Å²) < 4.78 is 0. The van der Waals surface area contributed by atoms with E-state index in [0.29, 0.717) is 12.5 Å². The number of nitrogens with zero attached hydrogens (tertiary/aromatic N) is 1. The van der Waals surface area contributed by atoms with Crippen molar-refractivity contribution in [1.29, 1.82) is 0 Å². The minimum Gasteiger partial charge on any atom is -0.480 e. The molecule has 0 aromatic carbocycles. The van der Waals surface area contributed by atoms with E-state index in [4.69, 9.17) is 0 Å². The third kappa shape index (κ3) is 3.45. The molecule has 1 fully saturated rings. The Bertz CT molecular complexity index is 294. The van der Waals surface area contributed by atoms with E-state index in [-0.39, 0.29) is 0 Å². The molecule has 0 aromatic rings. The first-order valence-corrected chi connectivity index (χ1v) is 6.96. The van der Waals surface area contributed by atoms with Gasteiger partial charge in [-0.1, -0.05) is 13.8 Å². The van der Waals surface area contributed by atoms with E-state index in [1.54, 1.807) is 14.0 Å². The molecule has 1 aliphatic heterocycles. The van der Waals surface area contributed by atoms with Gasteiger partial charge in [-0.2, -0.15) is 0 Å². The lowest BCUT2D eigenvalue weighted by molar-refractivity contribution is -0.144. The van der Waals surface area contributed by atoms with Crippen LogP contribution in [0.3, 0.4) is 0 Å². The molecule has 0 aromatic heterocycles. The van der Waals surface area contributed by atoms with E-state index in [1.807, 2.05) is 0 Å². The number of hydrogen-bond acceptors (Lipinski definition) is 3. The molecule has 18 heavy (non-hydrogen) atoms. The number of likely N-dealkylation sites (tertiary alicyclic amines) is 1. The Balaban J connectivity index is 2.56. The van der Waals surface area contributed by atoms with Crippen LogP contribution in [-0.2, 0) is 4.79 Å². The van der Waals surface area contributed by atoms with Crippen molar-refractivity contribution in [3.05, 3.63) is 0 Å². The summed E-state index contributed by atoms with van der Waals surface area (Å²) >= 11 is 0. The molecule has 4 heteroatoms. The molecule has 3 unspecified atom stereocenters. The third-order valence-electron chi connectivity index (χ3n) is 4.55. The van der Waals surface area contributed by atoms with Crippen LogP contribution in [0.2, 0.25) is 0 Å². The Hall–Kier alpha value is -0.610. The highest BCUT2D eigenvalue weighted by Gasteiger charge is 2.36. The van der Waals surface area contributed by atoms with Crippen molar-refractivity contribution in [3.63, 3.8) is 0 Å². The highest BCUT2D eigenvalue weighted by atomic mass is 16.4. The van der Waals surface area contributed by atoms with Crippen LogP contribution in [0.4, 0.5) is 0 Å². The van der Waals surface area contributed by atoms with Crippen molar-refractivity contribution in [2.24, 2.45) is 11.8 Å². The summed E-state index contributed by atoms with van der Waals surface area (Å²) in [6.07, 6.45) is 1.88. The van der Waals surface area contributed by atoms with Crippen LogP contribution in [0, 0.1) is 11.8 Å². The number of carbonyl (C=O) groups is 1. The number of carboxylic acids is 1. The molecule has 0 aliphatic carbocycles. The van der Waals surface area contributed by atoms with Crippen LogP contribution in [0.15, 0.2) is 0 Å². The van der Waals surface area contributed by atoms with Gasteiger partial charge in [-0.15, -0.1) is 0 Å². The number of hydrogen-bond donors (Lipinski definition) is 2. The molecule has 0 radical (unpaired) electrons. The molecular formula is C14H28N2O2. The zero-order chi connectivity index (χ0) is 13.9. The van der Waals surface area contributed by atoms with Gasteiger partial charge in [0.05, 0.1) is 0 Å². The van der Waals surface area contributed by atoms with Gasteiger partial charge in [-0.05, 0) is 52.1 Å². The monoisotopic (exact) mass is 256 g/mol. The van der Waals surface area contributed by atoms with Gasteiger partial charge in [0.25, 0.3) is 0 Å². The van der Waals surface area contributed by atoms with Crippen LogP contribution in [0.5, 0.6) is 0 Å². The fraction of sp³-hybridized carbons (Fsp3) is 0.929. The van der Waals surface area contributed by atoms with Gasteiger partial charge in [0.15, 0.2) is 0 Å². The first-order chi connectivity index (χ1) is 8.30. The summed E-state index contributed by atoms with van der Waals surface area (Å²) in [6.45, 7) is 10.7. The third-order valence-corrected chi connectivity index (χ3v) is 4.55. The van der Waals surface area contributed by atoms with Gasteiger partial charge >= 0.3 is 5.97 Å². The average Bonchev–Trinajstić information content (AvgIpc) is 2.77. The Morgan fingerprint density at radius 1 is 1.50 bits per heavy atom. The molecule has 0 spiro atoms. The SMILES string of the molecule is CNC(C)(CC(C)N1CCC(C(C)C)C1)C(=O)O. The Morgan fingerprint density at radius 3 is 2.50 bits per heavy atom. The normalized spacial score (nSPS) is 26.2. The molecule has 1 heterocycles. The van der Waals surface area contributed by atoms with Crippen molar-refractivity contribution in [3.8, 4) is 0 Å². The molecule has 1 aliphatic rings. The number of carboxylic acid groups (broad SMARTS) is 1. The number of aliphatic carboxylic acids is 1. The Morgan fingerprint density at radius 2 is 2.11 bits per heavy atom. The van der Waals surface area contributed by atoms with Crippen LogP contribution >= 0.6 is 0 Å². The van der Waals surface area contributed by atoms with Gasteiger partial charge in [0.2, 0.25) is 0 Å². The van der Waals surface area contributed by atoms with Crippen molar-refractivity contribution in [1.82, 2.24) is 10.2 Å². The predicted octanol–water partition coefficient (Wildman–Crippen LogP) is 1.81. The fourth-order valence-corrected chi connectivity index (χ4v) is 2.78. The number of likely N-dealkylation sites (N-methyl/N-ethyl adjacent to an activating group) is 1. The second kappa shape index (κ2) is 6.02. The van der Waals surface area contributed by atoms with Gasteiger partial charge < -0.3 is 15.3 Å². The lowest BCUT2D eigenvalue weighted by atomic mass is 9.93. The maximum absolute atomic E-state index is 11.3. The largest absolute Gasteiger partial charge is 0.480 e. The molecule has 1 rings (SSSR count). The van der Waals surface area contributed by atoms with E-state index in [2.05, 4.69) is 31.0 Å². The standard InChI is InChI=1S/C14H28N2O2/c1-10(2)12-6-7-16(9-12)11(3)8-14(4,15-5)13(17)18/h10-12,15H,6-9H2,1-5H3,(H,17,18). The van der Waals surface area contributed by atoms with Crippen LogP contribution in [-0.4, -0.2) is 47.7 Å². The summed E-state index contributed by atoms with van der Waals surface area (Å²) in [7, 11) is 1.72. The Kier molecular flexibility index (Phi) is 5.17. The first-order valence-electron chi connectivity index (χ1n) is 6.96. The quantitative estimate of drug-likeness (QED) is 0.761. The van der Waals surface area contributed by atoms with Gasteiger partial charge in [-0.3, -0.25) is 4.79 Å². The Labute approximate surface area is 111 Å². The molecule has 3 atom stereocenters. The van der Waals surface area contributed by atoms with E-state index < -0.39 is 11.5 Å². The van der Waals surface area contributed by atoms with Crippen LogP contribution in [0.25, 0.3) is 0 Å². The first kappa shape index (κ1) is 15.4. The lowest BCUT2D eigenvalue weighted by Crippen LogP contribution is -2.51. The number of nitrogens with one attached hydrogen (secondary N) is 1. The van der Waals surface area contributed by atoms with Crippen LogP contribution in [0.1, 0.15) is 40.5 Å². The molecule has 1 saturated heterocycles. The van der Waals surface area contributed by atoms with Crippen LogP contribution < -0.4 is 5.32 Å². The molecule has 4 nitrogen and oxygen atoms in total. The maximum Gasteiger partial charge on any atom is 0.323 e. The van der Waals surface area contributed by atoms with E-state index in [9.17, 15) is 9.90 Å². The summed E-state index contributed by atoms with van der Waals surface area (Å²) in [6, 6.07) is 0.308. The van der Waals surface area contributed by atoms with Crippen molar-refractivity contribution in [2.75, 3.05) is 20.1 Å². The zero-order valence-electron chi connectivity index (χ0n) is 12.4. The predicted molar refractivity (Wildman–Crippen MR) is 73.7 cm³/mol. The van der Waals surface area contributed by atoms with Gasteiger partial charge in [0, 0.05) is 12.6 Å². The average molecular weight is 256 g/mol. The fourth-order valence-electron chi connectivity index (χ4n) is 2.78. The molecule has 0 bridgehead atoms. The minimum absolute atomic E-state index is 0.308.